The van der Waals surface area contributed by atoms with Crippen LogP contribution in [0.5, 0.6) is 0 Å². The standard InChI is InChI=1S/C19H22N4O6S/c1-28-10-11-29-9-8-20-18(24)14-4-2-3-5-15(14)23-30(26,27)13-6-7-16-17(12-13)22-19(25)21-16/h2-7,12,23H,8-11H2,1H3,(H,20,24)(H2,21,22,25). The van der Waals surface area contributed by atoms with Gasteiger partial charge in [-0.1, -0.05) is 12.1 Å². The van der Waals surface area contributed by atoms with Gasteiger partial charge in [0.05, 0.1) is 47.0 Å². The van der Waals surface area contributed by atoms with E-state index >= 15 is 0 Å². The number of aromatic nitrogens is 2. The number of rotatable bonds is 10. The lowest BCUT2D eigenvalue weighted by atomic mass is 10.1. The molecule has 3 rings (SSSR count). The number of hydrogen-bond donors (Lipinski definition) is 4. The maximum absolute atomic E-state index is 12.8. The van der Waals surface area contributed by atoms with Crippen molar-refractivity contribution >= 4 is 32.7 Å². The van der Waals surface area contributed by atoms with Gasteiger partial charge in [-0.3, -0.25) is 9.52 Å². The highest BCUT2D eigenvalue weighted by atomic mass is 32.2. The largest absolute Gasteiger partial charge is 0.382 e. The van der Waals surface area contributed by atoms with Gasteiger partial charge in [-0.2, -0.15) is 0 Å². The molecular formula is C19H22N4O6S. The zero-order valence-corrected chi connectivity index (χ0v) is 17.0. The van der Waals surface area contributed by atoms with Crippen molar-refractivity contribution in [2.24, 2.45) is 0 Å². The van der Waals surface area contributed by atoms with E-state index < -0.39 is 21.6 Å². The number of fused-ring (bicyclic) bond motifs is 1. The monoisotopic (exact) mass is 434 g/mol. The highest BCUT2D eigenvalue weighted by molar-refractivity contribution is 7.92. The van der Waals surface area contributed by atoms with Crippen LogP contribution < -0.4 is 15.7 Å². The van der Waals surface area contributed by atoms with Crippen LogP contribution in [0.15, 0.2) is 52.2 Å². The van der Waals surface area contributed by atoms with E-state index in [1.54, 1.807) is 19.2 Å². The molecule has 1 amide bonds. The zero-order valence-electron chi connectivity index (χ0n) is 16.2. The average Bonchev–Trinajstić information content (AvgIpc) is 3.09. The Kier molecular flexibility index (Phi) is 6.87. The maximum atomic E-state index is 12.8. The molecule has 0 unspecified atom stereocenters. The summed E-state index contributed by atoms with van der Waals surface area (Å²) < 4.78 is 38.2. The summed E-state index contributed by atoms with van der Waals surface area (Å²) in [4.78, 5) is 28.9. The van der Waals surface area contributed by atoms with Crippen LogP contribution in [0.1, 0.15) is 10.4 Å². The molecule has 160 valence electrons. The molecule has 1 aromatic heterocycles. The van der Waals surface area contributed by atoms with Crippen LogP contribution in [0.2, 0.25) is 0 Å². The molecule has 0 spiro atoms. The number of methoxy groups -OCH3 is 1. The molecule has 3 aromatic rings. The minimum atomic E-state index is -3.99. The van der Waals surface area contributed by atoms with Gasteiger partial charge < -0.3 is 24.8 Å². The fourth-order valence-corrected chi connectivity index (χ4v) is 3.83. The number of H-pyrrole nitrogens is 2. The second-order valence-electron chi connectivity index (χ2n) is 6.30. The van der Waals surface area contributed by atoms with Crippen LogP contribution in [0.25, 0.3) is 11.0 Å². The lowest BCUT2D eigenvalue weighted by molar-refractivity contribution is 0.0693. The first-order valence-corrected chi connectivity index (χ1v) is 10.6. The summed E-state index contributed by atoms with van der Waals surface area (Å²) in [5.74, 6) is -0.436. The van der Waals surface area contributed by atoms with Gasteiger partial charge in [0, 0.05) is 13.7 Å². The van der Waals surface area contributed by atoms with Crippen LogP contribution in [0.4, 0.5) is 5.69 Å². The summed E-state index contributed by atoms with van der Waals surface area (Å²) in [6.45, 7) is 1.44. The molecule has 10 nitrogen and oxygen atoms in total. The van der Waals surface area contributed by atoms with E-state index in [-0.39, 0.29) is 22.7 Å². The second kappa shape index (κ2) is 9.57. The van der Waals surface area contributed by atoms with Gasteiger partial charge >= 0.3 is 5.69 Å². The number of sulfonamides is 1. The Morgan fingerprint density at radius 2 is 1.80 bits per heavy atom. The van der Waals surface area contributed by atoms with E-state index in [0.717, 1.165) is 0 Å². The predicted molar refractivity (Wildman–Crippen MR) is 111 cm³/mol. The lowest BCUT2D eigenvalue weighted by Crippen LogP contribution is -2.28. The Balaban J connectivity index is 1.72. The number of amides is 1. The first-order chi connectivity index (χ1) is 14.4. The minimum Gasteiger partial charge on any atom is -0.382 e. The predicted octanol–water partition coefficient (Wildman–Crippen LogP) is 1.05. The normalized spacial score (nSPS) is 11.5. The van der Waals surface area contributed by atoms with Gasteiger partial charge in [0.2, 0.25) is 0 Å². The van der Waals surface area contributed by atoms with Crippen LogP contribution in [-0.4, -0.2) is 57.8 Å². The summed E-state index contributed by atoms with van der Waals surface area (Å²) in [5.41, 5.74) is 0.738. The highest BCUT2D eigenvalue weighted by Crippen LogP contribution is 2.21. The summed E-state index contributed by atoms with van der Waals surface area (Å²) in [6, 6.07) is 10.5. The summed E-state index contributed by atoms with van der Waals surface area (Å²) in [6.07, 6.45) is 0. The van der Waals surface area contributed by atoms with Gasteiger partial charge in [-0.25, -0.2) is 13.2 Å². The molecule has 0 saturated heterocycles. The number of benzene rings is 2. The van der Waals surface area contributed by atoms with Crippen molar-refractivity contribution in [2.75, 3.05) is 38.2 Å². The van der Waals surface area contributed by atoms with Gasteiger partial charge in [0.1, 0.15) is 0 Å². The van der Waals surface area contributed by atoms with Gasteiger partial charge in [-0.15, -0.1) is 0 Å². The molecule has 30 heavy (non-hydrogen) atoms. The van der Waals surface area contributed by atoms with Crippen LogP contribution in [0, 0.1) is 0 Å². The van der Waals surface area contributed by atoms with Crippen LogP contribution in [-0.2, 0) is 19.5 Å². The Hall–Kier alpha value is -3.15. The van der Waals surface area contributed by atoms with Crippen LogP contribution in [0.3, 0.4) is 0 Å². The zero-order chi connectivity index (χ0) is 21.6. The van der Waals surface area contributed by atoms with E-state index in [9.17, 15) is 18.0 Å². The number of para-hydroxylation sites is 1. The topological polar surface area (TPSA) is 142 Å². The lowest BCUT2D eigenvalue weighted by Gasteiger charge is -2.13. The summed E-state index contributed by atoms with van der Waals surface area (Å²) in [7, 11) is -2.42. The third-order valence-corrected chi connectivity index (χ3v) is 5.54. The van der Waals surface area contributed by atoms with Crippen molar-refractivity contribution in [3.05, 3.63) is 58.5 Å². The molecule has 11 heteroatoms. The fraction of sp³-hybridized carbons (Fsp3) is 0.263. The number of hydrogen-bond acceptors (Lipinski definition) is 6. The van der Waals surface area contributed by atoms with E-state index in [1.807, 2.05) is 0 Å². The van der Waals surface area contributed by atoms with Crippen molar-refractivity contribution < 1.29 is 22.7 Å². The molecule has 0 radical (unpaired) electrons. The van der Waals surface area contributed by atoms with Crippen molar-refractivity contribution in [1.29, 1.82) is 0 Å². The second-order valence-corrected chi connectivity index (χ2v) is 7.98. The third-order valence-electron chi connectivity index (χ3n) is 4.18. The third kappa shape index (κ3) is 5.26. The Morgan fingerprint density at radius 1 is 1.03 bits per heavy atom. The van der Waals surface area contributed by atoms with Gasteiger partial charge in [0.15, 0.2) is 0 Å². The molecule has 0 saturated carbocycles. The van der Waals surface area contributed by atoms with Crippen molar-refractivity contribution in [3.63, 3.8) is 0 Å². The molecule has 0 aliphatic rings. The minimum absolute atomic E-state index is 0.0491. The number of anilines is 1. The Labute approximate surface area is 172 Å². The number of carbonyl (C=O) groups is 1. The first kappa shape index (κ1) is 21.6. The van der Waals surface area contributed by atoms with Gasteiger partial charge in [-0.05, 0) is 30.3 Å². The Bertz CT molecular complexity index is 1180. The summed E-state index contributed by atoms with van der Waals surface area (Å²) >= 11 is 0. The van der Waals surface area contributed by atoms with Gasteiger partial charge in [0.25, 0.3) is 15.9 Å². The fourth-order valence-electron chi connectivity index (χ4n) is 2.73. The highest BCUT2D eigenvalue weighted by Gasteiger charge is 2.19. The quantitative estimate of drug-likeness (QED) is 0.351. The first-order valence-electron chi connectivity index (χ1n) is 9.09. The molecule has 0 fully saturated rings. The van der Waals surface area contributed by atoms with Crippen molar-refractivity contribution in [3.8, 4) is 0 Å². The average molecular weight is 434 g/mol. The molecular weight excluding hydrogens is 412 g/mol. The Morgan fingerprint density at radius 3 is 2.60 bits per heavy atom. The molecule has 4 N–H and O–H groups in total. The molecule has 2 aromatic carbocycles. The molecule has 0 aliphatic heterocycles. The SMILES string of the molecule is COCCOCCNC(=O)c1ccccc1NS(=O)(=O)c1ccc2[nH]c(=O)[nH]c2c1. The van der Waals surface area contributed by atoms with E-state index in [0.29, 0.717) is 30.9 Å². The molecule has 0 aliphatic carbocycles. The number of imidazole rings is 1. The molecule has 1 heterocycles. The number of carbonyl (C=O) groups excluding carboxylic acids is 1. The van der Waals surface area contributed by atoms with E-state index in [2.05, 4.69) is 20.0 Å². The van der Waals surface area contributed by atoms with E-state index in [1.165, 1.54) is 30.3 Å². The van der Waals surface area contributed by atoms with E-state index in [4.69, 9.17) is 9.47 Å². The maximum Gasteiger partial charge on any atom is 0.323 e. The van der Waals surface area contributed by atoms with Crippen molar-refractivity contribution in [1.82, 2.24) is 15.3 Å². The molecule has 0 atom stereocenters. The number of aromatic amines is 2. The number of ether oxygens (including phenoxy) is 2. The summed E-state index contributed by atoms with van der Waals surface area (Å²) in [5, 5.41) is 2.69. The smallest absolute Gasteiger partial charge is 0.323 e. The molecule has 0 bridgehead atoms. The number of nitrogens with one attached hydrogen (secondary N) is 4. The van der Waals surface area contributed by atoms with Crippen LogP contribution >= 0.6 is 0 Å². The van der Waals surface area contributed by atoms with Crippen molar-refractivity contribution in [2.45, 2.75) is 4.90 Å².